The van der Waals surface area contributed by atoms with E-state index in [0.29, 0.717) is 17.9 Å². The average molecular weight is 506 g/mol. The predicted octanol–water partition coefficient (Wildman–Crippen LogP) is 4.86. The van der Waals surface area contributed by atoms with Gasteiger partial charge in [0.2, 0.25) is 0 Å². The number of nitrogens with one attached hydrogen (secondary N) is 1. The topological polar surface area (TPSA) is 99.9 Å². The Bertz CT molecular complexity index is 1170. The molecule has 37 heavy (non-hydrogen) atoms. The zero-order valence-corrected chi connectivity index (χ0v) is 23.2. The number of Topliss-reactive ketones (excluding diaryl/α,β-unsaturated/α-hetero) is 1. The lowest BCUT2D eigenvalue weighted by Crippen LogP contribution is -2.41. The van der Waals surface area contributed by atoms with Crippen LogP contribution in [0, 0.1) is 6.92 Å². The van der Waals surface area contributed by atoms with Crippen molar-refractivity contribution in [1.82, 2.24) is 5.32 Å². The number of carbonyl (C=O) groups is 2. The largest absolute Gasteiger partial charge is 0.501 e. The number of carbonyl (C=O) groups excluding carboxylic acids is 2. The van der Waals surface area contributed by atoms with Crippen LogP contribution in [0.2, 0.25) is 0 Å². The van der Waals surface area contributed by atoms with Gasteiger partial charge in [-0.15, -0.1) is 0 Å². The van der Waals surface area contributed by atoms with Gasteiger partial charge in [0, 0.05) is 6.54 Å². The molecule has 0 spiro atoms. The number of benzene rings is 2. The molecule has 3 N–H and O–H groups in total. The first-order chi connectivity index (χ1) is 17.3. The second-order valence-corrected chi connectivity index (χ2v) is 10.7. The Hall–Kier alpha value is -3.10. The minimum Gasteiger partial charge on any atom is -0.488 e. The summed E-state index contributed by atoms with van der Waals surface area (Å²) in [6, 6.07) is 13.4. The van der Waals surface area contributed by atoms with E-state index < -0.39 is 30.0 Å². The first-order valence-corrected chi connectivity index (χ1v) is 12.8. The minimum atomic E-state index is -1.12. The Morgan fingerprint density at radius 1 is 1.05 bits per heavy atom. The van der Waals surface area contributed by atoms with Crippen molar-refractivity contribution in [2.45, 2.75) is 79.1 Å². The molecule has 0 saturated carbocycles. The summed E-state index contributed by atoms with van der Waals surface area (Å²) in [5.74, 6) is -0.441. The van der Waals surface area contributed by atoms with Crippen LogP contribution in [0.5, 0.6) is 5.75 Å². The van der Waals surface area contributed by atoms with E-state index in [9.17, 15) is 9.59 Å². The smallest absolute Gasteiger partial charge is 0.488 e. The average Bonchev–Trinajstić information content (AvgIpc) is 3.04. The van der Waals surface area contributed by atoms with Gasteiger partial charge in [0.1, 0.15) is 18.1 Å². The maximum absolute atomic E-state index is 14.3. The molecule has 0 aliphatic carbocycles. The third-order valence-electron chi connectivity index (χ3n) is 7.08. The Kier molecular flexibility index (Phi) is 8.55. The van der Waals surface area contributed by atoms with Gasteiger partial charge >= 0.3 is 7.12 Å². The summed E-state index contributed by atoms with van der Waals surface area (Å²) >= 11 is 0. The highest BCUT2D eigenvalue weighted by atomic mass is 16.7. The number of allylic oxidation sites excluding steroid dienone is 1. The van der Waals surface area contributed by atoms with Gasteiger partial charge in [0.05, 0.1) is 22.2 Å². The van der Waals surface area contributed by atoms with E-state index in [4.69, 9.17) is 19.8 Å². The van der Waals surface area contributed by atoms with Crippen molar-refractivity contribution < 1.29 is 23.6 Å². The molecule has 1 saturated heterocycles. The van der Waals surface area contributed by atoms with E-state index in [1.54, 1.807) is 6.92 Å². The molecule has 1 heterocycles. The van der Waals surface area contributed by atoms with E-state index in [2.05, 4.69) is 19.2 Å². The van der Waals surface area contributed by atoms with Crippen molar-refractivity contribution in [3.05, 3.63) is 75.9 Å². The van der Waals surface area contributed by atoms with Crippen LogP contribution >= 0.6 is 0 Å². The number of ether oxygens (including phenoxy) is 1. The van der Waals surface area contributed by atoms with Gasteiger partial charge in [-0.2, -0.15) is 0 Å². The molecule has 0 aromatic heterocycles. The molecule has 2 aromatic carbocycles. The first kappa shape index (κ1) is 28.5. The molecule has 1 aliphatic heterocycles. The second-order valence-electron chi connectivity index (χ2n) is 10.7. The third-order valence-corrected chi connectivity index (χ3v) is 7.08. The van der Waals surface area contributed by atoms with Crippen molar-refractivity contribution in [3.8, 4) is 5.75 Å². The van der Waals surface area contributed by atoms with Crippen LogP contribution in [0.1, 0.15) is 81.4 Å². The molecule has 1 fully saturated rings. The highest BCUT2D eigenvalue weighted by Gasteiger charge is 2.54. The molecule has 0 unspecified atom stereocenters. The molecule has 0 bridgehead atoms. The summed E-state index contributed by atoms with van der Waals surface area (Å²) in [5, 5.41) is 2.68. The number of hydrogen-bond donors (Lipinski definition) is 2. The maximum Gasteiger partial charge on any atom is 0.501 e. The third kappa shape index (κ3) is 6.08. The van der Waals surface area contributed by atoms with E-state index >= 15 is 0 Å². The van der Waals surface area contributed by atoms with E-state index in [0.717, 1.165) is 16.7 Å². The molecule has 0 radical (unpaired) electrons. The number of hydrogen-bond acceptors (Lipinski definition) is 6. The molecular formula is C29H39BN2O5. The van der Waals surface area contributed by atoms with E-state index in [-0.39, 0.29) is 23.7 Å². The van der Waals surface area contributed by atoms with Crippen LogP contribution in [-0.4, -0.2) is 36.6 Å². The summed E-state index contributed by atoms with van der Waals surface area (Å²) < 4.78 is 18.6. The molecular weight excluding hydrogens is 467 g/mol. The highest BCUT2D eigenvalue weighted by molar-refractivity contribution is 6.64. The summed E-state index contributed by atoms with van der Waals surface area (Å²) in [5.41, 5.74) is 7.89. The number of nitrogens with two attached hydrogens (primary N) is 1. The molecule has 8 heteroatoms. The van der Waals surface area contributed by atoms with Gasteiger partial charge in [-0.25, -0.2) is 0 Å². The van der Waals surface area contributed by atoms with Crippen molar-refractivity contribution in [2.75, 3.05) is 6.54 Å². The van der Waals surface area contributed by atoms with Crippen LogP contribution in [0.4, 0.5) is 0 Å². The predicted molar refractivity (Wildman–Crippen MR) is 146 cm³/mol. The van der Waals surface area contributed by atoms with Crippen LogP contribution in [0.25, 0.3) is 0 Å². The zero-order valence-electron chi connectivity index (χ0n) is 23.2. The lowest BCUT2D eigenvalue weighted by molar-refractivity contribution is -0.117. The van der Waals surface area contributed by atoms with Crippen molar-refractivity contribution in [3.63, 3.8) is 0 Å². The van der Waals surface area contributed by atoms with Gasteiger partial charge < -0.3 is 25.1 Å². The SMILES string of the molecule is CCNC(=O)C(N)=C(B1OC(C)(C)C(C)(C)O1)C(=O)c1cc(C(C)C)c(C)cc1OCc1ccccc1. The van der Waals surface area contributed by atoms with Gasteiger partial charge in [0.15, 0.2) is 5.78 Å². The lowest BCUT2D eigenvalue weighted by Gasteiger charge is -2.32. The molecule has 7 nitrogen and oxygen atoms in total. The van der Waals surface area contributed by atoms with E-state index in [1.807, 2.05) is 77.1 Å². The maximum atomic E-state index is 14.3. The fraction of sp³-hybridized carbons (Fsp3) is 0.448. The number of ketones is 1. The Labute approximate surface area is 220 Å². The first-order valence-electron chi connectivity index (χ1n) is 12.8. The Morgan fingerprint density at radius 2 is 1.65 bits per heavy atom. The second kappa shape index (κ2) is 11.1. The summed E-state index contributed by atoms with van der Waals surface area (Å²) in [6.45, 7) is 16.1. The number of aryl methyl sites for hydroxylation is 1. The molecule has 1 amide bonds. The summed E-state index contributed by atoms with van der Waals surface area (Å²) in [4.78, 5) is 27.1. The standard InChI is InChI=1S/C29H39BN2O5/c1-9-32-27(34)25(31)24(30-36-28(5,6)29(7,8)37-30)26(33)22-16-21(18(2)3)19(4)15-23(22)35-17-20-13-11-10-12-14-20/h10-16,18H,9,17,31H2,1-8H3,(H,32,34). The number of amides is 1. The normalized spacial score (nSPS) is 16.9. The van der Waals surface area contributed by atoms with E-state index in [1.165, 1.54) is 0 Å². The van der Waals surface area contributed by atoms with Crippen molar-refractivity contribution >= 4 is 18.8 Å². The quantitative estimate of drug-likeness (QED) is 0.286. The molecule has 3 rings (SSSR count). The Morgan fingerprint density at radius 3 is 2.19 bits per heavy atom. The summed E-state index contributed by atoms with van der Waals surface area (Å²) in [6.07, 6.45) is 0. The van der Waals surface area contributed by atoms with Gasteiger partial charge in [-0.3, -0.25) is 9.59 Å². The fourth-order valence-corrected chi connectivity index (χ4v) is 4.19. The lowest BCUT2D eigenvalue weighted by atomic mass is 9.72. The van der Waals surface area contributed by atoms with Crippen LogP contribution in [0.3, 0.4) is 0 Å². The van der Waals surface area contributed by atoms with Crippen molar-refractivity contribution in [1.29, 1.82) is 0 Å². The number of likely N-dealkylation sites (N-methyl/N-ethyl adjacent to an activating group) is 1. The van der Waals surface area contributed by atoms with Gasteiger partial charge in [-0.1, -0.05) is 44.2 Å². The molecule has 0 atom stereocenters. The van der Waals surface area contributed by atoms with Crippen LogP contribution in [-0.2, 0) is 20.7 Å². The Balaban J connectivity index is 2.14. The van der Waals surface area contributed by atoms with Crippen LogP contribution in [0.15, 0.2) is 53.6 Å². The van der Waals surface area contributed by atoms with Crippen molar-refractivity contribution in [2.24, 2.45) is 5.73 Å². The van der Waals surface area contributed by atoms with Gasteiger partial charge in [-0.05, 0) is 76.3 Å². The monoisotopic (exact) mass is 506 g/mol. The van der Waals surface area contributed by atoms with Gasteiger partial charge in [0.25, 0.3) is 5.91 Å². The number of rotatable bonds is 9. The van der Waals surface area contributed by atoms with Crippen LogP contribution < -0.4 is 15.8 Å². The minimum absolute atomic E-state index is 0.0345. The summed E-state index contributed by atoms with van der Waals surface area (Å²) in [7, 11) is -1.12. The molecule has 198 valence electrons. The zero-order chi connectivity index (χ0) is 27.5. The molecule has 1 aliphatic rings. The molecule has 2 aromatic rings. The highest BCUT2D eigenvalue weighted by Crippen LogP contribution is 2.40. The fourth-order valence-electron chi connectivity index (χ4n) is 4.19.